The molecular formula is C16H14N2O3S. The second-order valence-corrected chi connectivity index (χ2v) is 6.94. The van der Waals surface area contributed by atoms with E-state index in [1.165, 1.54) is 0 Å². The molecule has 0 bridgehead atoms. The lowest BCUT2D eigenvalue weighted by atomic mass is 10.2. The first-order chi connectivity index (χ1) is 10.5. The van der Waals surface area contributed by atoms with E-state index in [0.717, 1.165) is 11.1 Å². The summed E-state index contributed by atoms with van der Waals surface area (Å²) in [6.07, 6.45) is 0. The molecule has 3 rings (SSSR count). The monoisotopic (exact) mass is 314 g/mol. The maximum absolute atomic E-state index is 12.3. The molecule has 2 aromatic carbocycles. The van der Waals surface area contributed by atoms with E-state index in [-0.39, 0.29) is 16.5 Å². The van der Waals surface area contributed by atoms with E-state index >= 15 is 0 Å². The smallest absolute Gasteiger partial charge is 0.242 e. The molecule has 0 fully saturated rings. The number of hydrogen-bond acceptors (Lipinski definition) is 5. The van der Waals surface area contributed by atoms with Crippen LogP contribution in [0, 0.1) is 6.92 Å². The van der Waals surface area contributed by atoms with Crippen molar-refractivity contribution in [1.82, 2.24) is 10.1 Å². The zero-order valence-electron chi connectivity index (χ0n) is 11.9. The van der Waals surface area contributed by atoms with Crippen LogP contribution < -0.4 is 0 Å². The molecule has 0 saturated heterocycles. The fourth-order valence-corrected chi connectivity index (χ4v) is 3.17. The van der Waals surface area contributed by atoms with Crippen LogP contribution in [0.4, 0.5) is 0 Å². The van der Waals surface area contributed by atoms with Gasteiger partial charge in [0.25, 0.3) is 0 Å². The standard InChI is InChI=1S/C16H14N2O3S/c1-12-7-9-14(10-8-12)22(19,20)11-15-17-16(18-21-15)13-5-3-2-4-6-13/h2-10H,11H2,1H3. The first-order valence-electron chi connectivity index (χ1n) is 6.72. The van der Waals surface area contributed by atoms with Crippen molar-refractivity contribution in [2.75, 3.05) is 0 Å². The molecule has 1 heterocycles. The molecule has 0 aliphatic carbocycles. The van der Waals surface area contributed by atoms with Gasteiger partial charge in [-0.25, -0.2) is 8.42 Å². The Morgan fingerprint density at radius 1 is 1.00 bits per heavy atom. The maximum atomic E-state index is 12.3. The van der Waals surface area contributed by atoms with Crippen LogP contribution in [0.25, 0.3) is 11.4 Å². The van der Waals surface area contributed by atoms with Crippen LogP contribution in [0.5, 0.6) is 0 Å². The maximum Gasteiger partial charge on any atom is 0.242 e. The van der Waals surface area contributed by atoms with Gasteiger partial charge >= 0.3 is 0 Å². The second-order valence-electron chi connectivity index (χ2n) is 4.95. The predicted octanol–water partition coefficient (Wildman–Crippen LogP) is 3.02. The van der Waals surface area contributed by atoms with Crippen LogP contribution in [-0.4, -0.2) is 18.6 Å². The third-order valence-electron chi connectivity index (χ3n) is 3.19. The van der Waals surface area contributed by atoms with Crippen molar-refractivity contribution in [2.45, 2.75) is 17.6 Å². The Hall–Kier alpha value is -2.47. The highest BCUT2D eigenvalue weighted by molar-refractivity contribution is 7.90. The first kappa shape index (κ1) is 14.5. The van der Waals surface area contributed by atoms with Gasteiger partial charge in [0.15, 0.2) is 9.84 Å². The Kier molecular flexibility index (Phi) is 3.77. The molecule has 0 radical (unpaired) electrons. The summed E-state index contributed by atoms with van der Waals surface area (Å²) in [6, 6.07) is 16.0. The number of rotatable bonds is 4. The van der Waals surface area contributed by atoms with Crippen molar-refractivity contribution in [3.63, 3.8) is 0 Å². The summed E-state index contributed by atoms with van der Waals surface area (Å²) in [7, 11) is -3.50. The summed E-state index contributed by atoms with van der Waals surface area (Å²) in [4.78, 5) is 4.40. The van der Waals surface area contributed by atoms with Gasteiger partial charge in [-0.3, -0.25) is 0 Å². The zero-order chi connectivity index (χ0) is 15.6. The van der Waals surface area contributed by atoms with E-state index < -0.39 is 9.84 Å². The Balaban J connectivity index is 1.84. The van der Waals surface area contributed by atoms with Gasteiger partial charge in [0.1, 0.15) is 5.75 Å². The number of nitrogens with zero attached hydrogens (tertiary/aromatic N) is 2. The minimum absolute atomic E-state index is 0.0828. The summed E-state index contributed by atoms with van der Waals surface area (Å²) in [6.45, 7) is 1.90. The molecule has 112 valence electrons. The van der Waals surface area contributed by atoms with Crippen molar-refractivity contribution < 1.29 is 12.9 Å². The van der Waals surface area contributed by atoms with Gasteiger partial charge in [0.05, 0.1) is 4.90 Å². The van der Waals surface area contributed by atoms with Crippen molar-refractivity contribution in [3.8, 4) is 11.4 Å². The van der Waals surface area contributed by atoms with Gasteiger partial charge in [-0.1, -0.05) is 53.2 Å². The number of hydrogen-bond donors (Lipinski definition) is 0. The minimum atomic E-state index is -3.50. The van der Waals surface area contributed by atoms with Gasteiger partial charge in [0.2, 0.25) is 11.7 Å². The van der Waals surface area contributed by atoms with E-state index in [0.29, 0.717) is 5.82 Å². The topological polar surface area (TPSA) is 73.1 Å². The summed E-state index contributed by atoms with van der Waals surface area (Å²) in [5.74, 6) is 0.157. The Morgan fingerprint density at radius 2 is 1.68 bits per heavy atom. The Labute approximate surface area is 128 Å². The van der Waals surface area contributed by atoms with Crippen molar-refractivity contribution >= 4 is 9.84 Å². The normalized spacial score (nSPS) is 11.5. The molecule has 0 amide bonds. The van der Waals surface area contributed by atoms with Crippen molar-refractivity contribution in [3.05, 3.63) is 66.1 Å². The SMILES string of the molecule is Cc1ccc(S(=O)(=O)Cc2nc(-c3ccccc3)no2)cc1. The fourth-order valence-electron chi connectivity index (χ4n) is 2.01. The third kappa shape index (κ3) is 3.07. The van der Waals surface area contributed by atoms with Crippen LogP contribution in [0.2, 0.25) is 0 Å². The van der Waals surface area contributed by atoms with Crippen molar-refractivity contribution in [1.29, 1.82) is 0 Å². The van der Waals surface area contributed by atoms with E-state index in [4.69, 9.17) is 4.52 Å². The molecule has 0 atom stereocenters. The summed E-state index contributed by atoms with van der Waals surface area (Å²) >= 11 is 0. The third-order valence-corrected chi connectivity index (χ3v) is 4.81. The van der Waals surface area contributed by atoms with E-state index in [1.807, 2.05) is 37.3 Å². The molecule has 0 aliphatic rings. The minimum Gasteiger partial charge on any atom is -0.338 e. The number of sulfone groups is 1. The average molecular weight is 314 g/mol. The van der Waals surface area contributed by atoms with E-state index in [9.17, 15) is 8.42 Å². The van der Waals surface area contributed by atoms with Crippen LogP contribution in [0.3, 0.4) is 0 Å². The van der Waals surface area contributed by atoms with E-state index in [1.54, 1.807) is 24.3 Å². The fraction of sp³-hybridized carbons (Fsp3) is 0.125. The molecule has 5 nitrogen and oxygen atoms in total. The molecule has 6 heteroatoms. The molecule has 3 aromatic rings. The van der Waals surface area contributed by atoms with Gasteiger partial charge in [-0.05, 0) is 19.1 Å². The second kappa shape index (κ2) is 5.73. The molecule has 1 aromatic heterocycles. The molecule has 0 aliphatic heterocycles. The highest BCUT2D eigenvalue weighted by Crippen LogP contribution is 2.19. The Morgan fingerprint density at radius 3 is 2.36 bits per heavy atom. The molecule has 0 N–H and O–H groups in total. The van der Waals surface area contributed by atoms with Crippen LogP contribution in [-0.2, 0) is 15.6 Å². The molecule has 0 spiro atoms. The lowest BCUT2D eigenvalue weighted by Crippen LogP contribution is -2.05. The summed E-state index contributed by atoms with van der Waals surface area (Å²) < 4.78 is 29.7. The quantitative estimate of drug-likeness (QED) is 0.740. The summed E-state index contributed by atoms with van der Waals surface area (Å²) in [5.41, 5.74) is 1.79. The summed E-state index contributed by atoms with van der Waals surface area (Å²) in [5, 5.41) is 3.83. The van der Waals surface area contributed by atoms with Gasteiger partial charge in [-0.15, -0.1) is 0 Å². The molecular weight excluding hydrogens is 300 g/mol. The van der Waals surface area contributed by atoms with Crippen molar-refractivity contribution in [2.24, 2.45) is 0 Å². The van der Waals surface area contributed by atoms with E-state index in [2.05, 4.69) is 10.1 Å². The highest BCUT2D eigenvalue weighted by Gasteiger charge is 2.20. The van der Waals surface area contributed by atoms with Crippen LogP contribution >= 0.6 is 0 Å². The molecule has 22 heavy (non-hydrogen) atoms. The number of benzene rings is 2. The number of aryl methyl sites for hydroxylation is 1. The van der Waals surface area contributed by atoms with Gasteiger partial charge in [-0.2, -0.15) is 4.98 Å². The largest absolute Gasteiger partial charge is 0.338 e. The molecule has 0 unspecified atom stereocenters. The first-order valence-corrected chi connectivity index (χ1v) is 8.37. The zero-order valence-corrected chi connectivity index (χ0v) is 12.7. The average Bonchev–Trinajstić information content (AvgIpc) is 2.96. The lowest BCUT2D eigenvalue weighted by molar-refractivity contribution is 0.389. The highest BCUT2D eigenvalue weighted by atomic mass is 32.2. The number of aromatic nitrogens is 2. The lowest BCUT2D eigenvalue weighted by Gasteiger charge is -2.01. The van der Waals surface area contributed by atoms with Gasteiger partial charge < -0.3 is 4.52 Å². The van der Waals surface area contributed by atoms with Gasteiger partial charge in [0, 0.05) is 5.56 Å². The van der Waals surface area contributed by atoms with Crippen LogP contribution in [0.15, 0.2) is 64.0 Å². The molecule has 0 saturated carbocycles. The predicted molar refractivity (Wildman–Crippen MR) is 81.8 cm³/mol. The Bertz CT molecular complexity index is 869. The van der Waals surface area contributed by atoms with Crippen LogP contribution in [0.1, 0.15) is 11.5 Å².